The summed E-state index contributed by atoms with van der Waals surface area (Å²) < 4.78 is 50.4. The molecule has 0 radical (unpaired) electrons. The molecule has 3 rings (SSSR count). The largest absolute Gasteiger partial charge is 0.497 e. The normalized spacial score (nSPS) is 19.4. The van der Waals surface area contributed by atoms with E-state index in [0.29, 0.717) is 17.2 Å². The van der Waals surface area contributed by atoms with Crippen LogP contribution in [0.3, 0.4) is 0 Å². The highest BCUT2D eigenvalue weighted by Crippen LogP contribution is 2.36. The van der Waals surface area contributed by atoms with Gasteiger partial charge in [0.05, 0.1) is 25.8 Å². The van der Waals surface area contributed by atoms with E-state index >= 15 is 0 Å². The number of benzene rings is 2. The monoisotopic (exact) mass is 379 g/mol. The molecule has 0 fully saturated rings. The minimum Gasteiger partial charge on any atom is -0.497 e. The van der Waals surface area contributed by atoms with Crippen LogP contribution in [0.4, 0.5) is 13.2 Å². The van der Waals surface area contributed by atoms with Gasteiger partial charge >= 0.3 is 6.18 Å². The Morgan fingerprint density at radius 3 is 1.89 bits per heavy atom. The first-order valence-corrected chi connectivity index (χ1v) is 8.46. The van der Waals surface area contributed by atoms with Crippen molar-refractivity contribution in [1.82, 2.24) is 0 Å². The minimum atomic E-state index is -4.48. The molecule has 0 saturated heterocycles. The Labute approximate surface area is 155 Å². The first-order chi connectivity index (χ1) is 12.9. The molecule has 2 atom stereocenters. The van der Waals surface area contributed by atoms with Crippen molar-refractivity contribution in [2.75, 3.05) is 14.2 Å². The van der Waals surface area contributed by atoms with E-state index in [1.807, 2.05) is 12.1 Å². The SMILES string of the molecule is COc1ccc(CC2=NOC(C(F)(F)F)C2Cc2ccc(OC)cc2)cc1. The second-order valence-electron chi connectivity index (χ2n) is 6.33. The van der Waals surface area contributed by atoms with E-state index in [-0.39, 0.29) is 12.8 Å². The molecule has 1 aliphatic heterocycles. The van der Waals surface area contributed by atoms with E-state index in [4.69, 9.17) is 14.3 Å². The van der Waals surface area contributed by atoms with Gasteiger partial charge in [-0.1, -0.05) is 29.4 Å². The fourth-order valence-electron chi connectivity index (χ4n) is 3.08. The molecule has 144 valence electrons. The highest BCUT2D eigenvalue weighted by atomic mass is 19.4. The van der Waals surface area contributed by atoms with Crippen molar-refractivity contribution < 1.29 is 27.5 Å². The minimum absolute atomic E-state index is 0.184. The lowest BCUT2D eigenvalue weighted by molar-refractivity contribution is -0.222. The van der Waals surface area contributed by atoms with E-state index in [0.717, 1.165) is 11.1 Å². The lowest BCUT2D eigenvalue weighted by Gasteiger charge is -2.21. The highest BCUT2D eigenvalue weighted by Gasteiger charge is 2.51. The number of halogens is 3. The van der Waals surface area contributed by atoms with Crippen molar-refractivity contribution in [3.8, 4) is 11.5 Å². The topological polar surface area (TPSA) is 40.0 Å². The van der Waals surface area contributed by atoms with Crippen molar-refractivity contribution >= 4 is 5.71 Å². The highest BCUT2D eigenvalue weighted by molar-refractivity contribution is 5.90. The molecule has 0 amide bonds. The fourth-order valence-corrected chi connectivity index (χ4v) is 3.08. The van der Waals surface area contributed by atoms with Crippen LogP contribution < -0.4 is 9.47 Å². The van der Waals surface area contributed by atoms with Gasteiger partial charge in [0.2, 0.25) is 6.10 Å². The fraction of sp³-hybridized carbons (Fsp3) is 0.350. The quantitative estimate of drug-likeness (QED) is 0.746. The number of methoxy groups -OCH3 is 2. The Balaban J connectivity index is 1.80. The molecular weight excluding hydrogens is 359 g/mol. The van der Waals surface area contributed by atoms with Gasteiger partial charge in [-0.15, -0.1) is 0 Å². The molecule has 7 heteroatoms. The summed E-state index contributed by atoms with van der Waals surface area (Å²) in [5.74, 6) is 0.465. The van der Waals surface area contributed by atoms with Gasteiger partial charge in [-0.25, -0.2) is 0 Å². The summed E-state index contributed by atoms with van der Waals surface area (Å²) in [7, 11) is 3.10. The Morgan fingerprint density at radius 1 is 0.889 bits per heavy atom. The second kappa shape index (κ2) is 7.90. The van der Waals surface area contributed by atoms with Crippen molar-refractivity contribution in [3.05, 3.63) is 59.7 Å². The van der Waals surface area contributed by atoms with Crippen LogP contribution in [0.1, 0.15) is 11.1 Å². The van der Waals surface area contributed by atoms with Crippen molar-refractivity contribution in [3.63, 3.8) is 0 Å². The van der Waals surface area contributed by atoms with Gasteiger partial charge < -0.3 is 14.3 Å². The Bertz CT molecular complexity index is 786. The zero-order chi connectivity index (χ0) is 19.4. The van der Waals surface area contributed by atoms with Crippen molar-refractivity contribution in [2.24, 2.45) is 11.1 Å². The standard InChI is InChI=1S/C20H20F3NO3/c1-25-15-7-3-13(4-8-15)11-17-18(24-27-19(17)20(21,22)23)12-14-5-9-16(26-2)10-6-14/h3-10,17,19H,11-12H2,1-2H3. The first kappa shape index (κ1) is 19.1. The third-order valence-corrected chi connectivity index (χ3v) is 4.56. The number of hydrogen-bond donors (Lipinski definition) is 0. The number of rotatable bonds is 6. The summed E-state index contributed by atoms with van der Waals surface area (Å²) in [6, 6.07) is 14.1. The van der Waals surface area contributed by atoms with E-state index in [1.54, 1.807) is 50.6 Å². The third-order valence-electron chi connectivity index (χ3n) is 4.56. The summed E-state index contributed by atoms with van der Waals surface area (Å²) >= 11 is 0. The molecule has 0 bridgehead atoms. The van der Waals surface area contributed by atoms with Crippen molar-refractivity contribution in [2.45, 2.75) is 25.1 Å². The smallest absolute Gasteiger partial charge is 0.428 e. The molecule has 1 aliphatic rings. The van der Waals surface area contributed by atoms with Crippen molar-refractivity contribution in [1.29, 1.82) is 0 Å². The average Bonchev–Trinajstić information content (AvgIpc) is 3.05. The summed E-state index contributed by atoms with van der Waals surface area (Å²) in [6.07, 6.45) is -5.95. The molecule has 27 heavy (non-hydrogen) atoms. The lowest BCUT2D eigenvalue weighted by Crippen LogP contribution is -2.38. The summed E-state index contributed by atoms with van der Waals surface area (Å²) in [4.78, 5) is 4.79. The molecule has 0 saturated carbocycles. The predicted octanol–water partition coefficient (Wildman–Crippen LogP) is 4.42. The molecule has 0 N–H and O–H groups in total. The van der Waals surface area contributed by atoms with Gasteiger partial charge in [-0.3, -0.25) is 0 Å². The number of oxime groups is 1. The predicted molar refractivity (Wildman–Crippen MR) is 95.2 cm³/mol. The number of alkyl halides is 3. The second-order valence-corrected chi connectivity index (χ2v) is 6.33. The number of hydrogen-bond acceptors (Lipinski definition) is 4. The molecule has 0 aliphatic carbocycles. The van der Waals surface area contributed by atoms with Crippen LogP contribution in [0.5, 0.6) is 11.5 Å². The Hall–Kier alpha value is -2.70. The van der Waals surface area contributed by atoms with E-state index in [1.165, 1.54) is 0 Å². The molecule has 4 nitrogen and oxygen atoms in total. The van der Waals surface area contributed by atoms with Gasteiger partial charge in [0.25, 0.3) is 0 Å². The molecule has 0 aromatic heterocycles. The van der Waals surface area contributed by atoms with Crippen LogP contribution in [0.15, 0.2) is 53.7 Å². The first-order valence-electron chi connectivity index (χ1n) is 8.46. The van der Waals surface area contributed by atoms with Gasteiger partial charge in [0.1, 0.15) is 11.5 Å². The zero-order valence-corrected chi connectivity index (χ0v) is 15.0. The maximum absolute atomic E-state index is 13.4. The average molecular weight is 379 g/mol. The molecule has 2 unspecified atom stereocenters. The summed E-state index contributed by atoms with van der Waals surface area (Å²) in [6.45, 7) is 0. The third kappa shape index (κ3) is 4.53. The Kier molecular flexibility index (Phi) is 5.58. The van der Waals surface area contributed by atoms with Crippen LogP contribution in [-0.4, -0.2) is 32.2 Å². The van der Waals surface area contributed by atoms with Gasteiger partial charge in [0.15, 0.2) is 0 Å². The molecule has 2 aromatic carbocycles. The maximum atomic E-state index is 13.4. The van der Waals surface area contributed by atoms with Crippen LogP contribution in [0, 0.1) is 5.92 Å². The van der Waals surface area contributed by atoms with Crippen LogP contribution in [-0.2, 0) is 17.7 Å². The molecule has 2 aromatic rings. The summed E-state index contributed by atoms with van der Waals surface area (Å²) in [5, 5.41) is 3.77. The van der Waals surface area contributed by atoms with E-state index in [9.17, 15) is 13.2 Å². The Morgan fingerprint density at radius 2 is 1.41 bits per heavy atom. The van der Waals surface area contributed by atoms with Gasteiger partial charge in [-0.05, 0) is 41.8 Å². The van der Waals surface area contributed by atoms with E-state index < -0.39 is 18.2 Å². The van der Waals surface area contributed by atoms with E-state index in [2.05, 4.69) is 5.16 Å². The van der Waals surface area contributed by atoms with Crippen LogP contribution in [0.2, 0.25) is 0 Å². The lowest BCUT2D eigenvalue weighted by atomic mass is 9.87. The molecule has 0 spiro atoms. The van der Waals surface area contributed by atoms with Gasteiger partial charge in [0, 0.05) is 6.42 Å². The molecule has 1 heterocycles. The van der Waals surface area contributed by atoms with Crippen LogP contribution in [0.25, 0.3) is 0 Å². The number of ether oxygens (including phenoxy) is 2. The summed E-state index contributed by atoms with van der Waals surface area (Å²) in [5.41, 5.74) is 2.00. The van der Waals surface area contributed by atoms with Gasteiger partial charge in [-0.2, -0.15) is 13.2 Å². The number of nitrogens with zero attached hydrogens (tertiary/aromatic N) is 1. The van der Waals surface area contributed by atoms with Crippen LogP contribution >= 0.6 is 0 Å². The molecular formula is C20H20F3NO3. The zero-order valence-electron chi connectivity index (χ0n) is 15.0. The maximum Gasteiger partial charge on any atom is 0.428 e.